The molecule has 1 unspecified atom stereocenters. The standard InChI is InChI=1S/C16H15FO2/c1-19-16(18)15(13-5-3-2-4-6-13)11-12-7-9-14(17)10-8-12/h2-10,15H,11H2,1H3. The zero-order valence-corrected chi connectivity index (χ0v) is 10.7. The molecule has 0 spiro atoms. The lowest BCUT2D eigenvalue weighted by molar-refractivity contribution is -0.142. The van der Waals surface area contributed by atoms with Crippen LogP contribution in [0.3, 0.4) is 0 Å². The fourth-order valence-corrected chi connectivity index (χ4v) is 2.02. The zero-order valence-electron chi connectivity index (χ0n) is 10.7. The van der Waals surface area contributed by atoms with Gasteiger partial charge in [-0.25, -0.2) is 4.39 Å². The largest absolute Gasteiger partial charge is 0.469 e. The van der Waals surface area contributed by atoms with Crippen LogP contribution in [0.5, 0.6) is 0 Å². The lowest BCUT2D eigenvalue weighted by atomic mass is 9.92. The van der Waals surface area contributed by atoms with Gasteiger partial charge in [-0.3, -0.25) is 4.79 Å². The number of hydrogen-bond acceptors (Lipinski definition) is 2. The normalized spacial score (nSPS) is 11.9. The van der Waals surface area contributed by atoms with Gasteiger partial charge in [-0.1, -0.05) is 42.5 Å². The molecule has 98 valence electrons. The highest BCUT2D eigenvalue weighted by atomic mass is 19.1. The molecule has 0 aromatic heterocycles. The third kappa shape index (κ3) is 3.41. The topological polar surface area (TPSA) is 26.3 Å². The number of ether oxygens (including phenoxy) is 1. The Balaban J connectivity index is 2.24. The number of halogens is 1. The first-order valence-corrected chi connectivity index (χ1v) is 6.08. The van der Waals surface area contributed by atoms with Crippen LogP contribution in [0.2, 0.25) is 0 Å². The van der Waals surface area contributed by atoms with Gasteiger partial charge in [0.1, 0.15) is 5.82 Å². The van der Waals surface area contributed by atoms with E-state index in [1.807, 2.05) is 30.3 Å². The van der Waals surface area contributed by atoms with E-state index < -0.39 is 0 Å². The molecular weight excluding hydrogens is 243 g/mol. The highest BCUT2D eigenvalue weighted by Crippen LogP contribution is 2.22. The van der Waals surface area contributed by atoms with Gasteiger partial charge in [0, 0.05) is 0 Å². The third-order valence-electron chi connectivity index (χ3n) is 3.04. The van der Waals surface area contributed by atoms with Crippen molar-refractivity contribution in [3.05, 3.63) is 71.5 Å². The molecule has 0 bridgehead atoms. The van der Waals surface area contributed by atoms with Crippen LogP contribution in [-0.2, 0) is 16.0 Å². The van der Waals surface area contributed by atoms with Crippen molar-refractivity contribution in [3.8, 4) is 0 Å². The molecule has 3 heteroatoms. The van der Waals surface area contributed by atoms with Crippen LogP contribution < -0.4 is 0 Å². The molecule has 0 aliphatic rings. The van der Waals surface area contributed by atoms with Crippen molar-refractivity contribution >= 4 is 5.97 Å². The summed E-state index contributed by atoms with van der Waals surface area (Å²) < 4.78 is 17.7. The molecule has 2 aromatic rings. The first-order chi connectivity index (χ1) is 9.20. The Morgan fingerprint density at radius 2 is 1.74 bits per heavy atom. The van der Waals surface area contributed by atoms with E-state index in [1.54, 1.807) is 12.1 Å². The van der Waals surface area contributed by atoms with Gasteiger partial charge in [-0.05, 0) is 29.7 Å². The van der Waals surface area contributed by atoms with E-state index in [9.17, 15) is 9.18 Å². The Hall–Kier alpha value is -2.16. The molecule has 0 fully saturated rings. The number of hydrogen-bond donors (Lipinski definition) is 0. The monoisotopic (exact) mass is 258 g/mol. The van der Waals surface area contributed by atoms with E-state index in [0.717, 1.165) is 11.1 Å². The summed E-state index contributed by atoms with van der Waals surface area (Å²) in [5.74, 6) is -0.926. The van der Waals surface area contributed by atoms with E-state index in [2.05, 4.69) is 0 Å². The molecule has 0 aliphatic carbocycles. The summed E-state index contributed by atoms with van der Waals surface area (Å²) in [6.07, 6.45) is 0.497. The van der Waals surface area contributed by atoms with Crippen molar-refractivity contribution in [3.63, 3.8) is 0 Å². The molecule has 0 N–H and O–H groups in total. The molecular formula is C16H15FO2. The summed E-state index contributed by atoms with van der Waals surface area (Å²) in [7, 11) is 1.38. The van der Waals surface area contributed by atoms with E-state index in [4.69, 9.17) is 4.74 Å². The Bertz CT molecular complexity index is 534. The number of carbonyl (C=O) groups excluding carboxylic acids is 1. The summed E-state index contributed by atoms with van der Waals surface area (Å²) in [5, 5.41) is 0. The van der Waals surface area contributed by atoms with Crippen molar-refractivity contribution in [1.82, 2.24) is 0 Å². The first-order valence-electron chi connectivity index (χ1n) is 6.08. The van der Waals surface area contributed by atoms with E-state index >= 15 is 0 Å². The number of methoxy groups -OCH3 is 1. The van der Waals surface area contributed by atoms with Gasteiger partial charge >= 0.3 is 5.97 Å². The van der Waals surface area contributed by atoms with Gasteiger partial charge < -0.3 is 4.74 Å². The second-order valence-corrected chi connectivity index (χ2v) is 4.32. The minimum absolute atomic E-state index is 0.280. The van der Waals surface area contributed by atoms with Crippen LogP contribution in [0.4, 0.5) is 4.39 Å². The van der Waals surface area contributed by atoms with Crippen molar-refractivity contribution in [1.29, 1.82) is 0 Å². The van der Waals surface area contributed by atoms with Gasteiger partial charge in [-0.15, -0.1) is 0 Å². The Kier molecular flexibility index (Phi) is 4.29. The van der Waals surface area contributed by atoms with Crippen molar-refractivity contribution < 1.29 is 13.9 Å². The second kappa shape index (κ2) is 6.14. The fraction of sp³-hybridized carbons (Fsp3) is 0.188. The van der Waals surface area contributed by atoms with Crippen molar-refractivity contribution in [2.24, 2.45) is 0 Å². The van der Waals surface area contributed by atoms with Gasteiger partial charge in [0.05, 0.1) is 13.0 Å². The van der Waals surface area contributed by atoms with Gasteiger partial charge in [0.15, 0.2) is 0 Å². The maximum atomic E-state index is 12.9. The molecule has 2 rings (SSSR count). The predicted octanol–water partition coefficient (Wildman–Crippen LogP) is 3.33. The van der Waals surface area contributed by atoms with Crippen molar-refractivity contribution in [2.75, 3.05) is 7.11 Å². The Labute approximate surface area is 111 Å². The fourth-order valence-electron chi connectivity index (χ4n) is 2.02. The number of benzene rings is 2. The molecule has 2 nitrogen and oxygen atoms in total. The highest BCUT2D eigenvalue weighted by Gasteiger charge is 2.21. The average molecular weight is 258 g/mol. The SMILES string of the molecule is COC(=O)C(Cc1ccc(F)cc1)c1ccccc1. The predicted molar refractivity (Wildman–Crippen MR) is 71.3 cm³/mol. The van der Waals surface area contributed by atoms with Gasteiger partial charge in [0.25, 0.3) is 0 Å². The Morgan fingerprint density at radius 3 is 2.32 bits per heavy atom. The summed E-state index contributed by atoms with van der Waals surface area (Å²) in [6, 6.07) is 15.6. The number of rotatable bonds is 4. The summed E-state index contributed by atoms with van der Waals surface area (Å²) in [5.41, 5.74) is 1.80. The summed E-state index contributed by atoms with van der Waals surface area (Å²) in [4.78, 5) is 11.9. The second-order valence-electron chi connectivity index (χ2n) is 4.32. The van der Waals surface area contributed by atoms with Crippen LogP contribution in [-0.4, -0.2) is 13.1 Å². The zero-order chi connectivity index (χ0) is 13.7. The van der Waals surface area contributed by atoms with E-state index in [0.29, 0.717) is 6.42 Å². The summed E-state index contributed by atoms with van der Waals surface area (Å²) in [6.45, 7) is 0. The van der Waals surface area contributed by atoms with Crippen LogP contribution >= 0.6 is 0 Å². The minimum atomic E-state index is -0.364. The maximum Gasteiger partial charge on any atom is 0.313 e. The quantitative estimate of drug-likeness (QED) is 0.786. The molecule has 0 amide bonds. The molecule has 0 heterocycles. The highest BCUT2D eigenvalue weighted by molar-refractivity contribution is 5.78. The van der Waals surface area contributed by atoms with E-state index in [1.165, 1.54) is 19.2 Å². The molecule has 0 radical (unpaired) electrons. The maximum absolute atomic E-state index is 12.9. The first kappa shape index (κ1) is 13.3. The molecule has 0 aliphatic heterocycles. The third-order valence-corrected chi connectivity index (χ3v) is 3.04. The van der Waals surface area contributed by atoms with Gasteiger partial charge in [-0.2, -0.15) is 0 Å². The summed E-state index contributed by atoms with van der Waals surface area (Å²) >= 11 is 0. The molecule has 0 saturated heterocycles. The van der Waals surface area contributed by atoms with Gasteiger partial charge in [0.2, 0.25) is 0 Å². The number of esters is 1. The smallest absolute Gasteiger partial charge is 0.313 e. The van der Waals surface area contributed by atoms with Crippen LogP contribution in [0.25, 0.3) is 0 Å². The minimum Gasteiger partial charge on any atom is -0.469 e. The molecule has 2 aromatic carbocycles. The van der Waals surface area contributed by atoms with E-state index in [-0.39, 0.29) is 17.7 Å². The molecule has 0 saturated carbocycles. The van der Waals surface area contributed by atoms with Crippen molar-refractivity contribution in [2.45, 2.75) is 12.3 Å². The average Bonchev–Trinajstić information content (AvgIpc) is 2.47. The number of carbonyl (C=O) groups is 1. The molecule has 1 atom stereocenters. The Morgan fingerprint density at radius 1 is 1.11 bits per heavy atom. The van der Waals surface area contributed by atoms with Crippen LogP contribution in [0, 0.1) is 5.82 Å². The lowest BCUT2D eigenvalue weighted by Crippen LogP contribution is -2.16. The van der Waals surface area contributed by atoms with Crippen LogP contribution in [0.15, 0.2) is 54.6 Å². The molecule has 19 heavy (non-hydrogen) atoms. The lowest BCUT2D eigenvalue weighted by Gasteiger charge is -2.15. The van der Waals surface area contributed by atoms with Crippen LogP contribution in [0.1, 0.15) is 17.0 Å².